The number of carbonyl (C=O) groups is 2. The number of nitrogens with zero attached hydrogens (tertiary/aromatic N) is 1. The average Bonchev–Trinajstić information content (AvgIpc) is 2.43. The van der Waals surface area contributed by atoms with E-state index in [0.717, 1.165) is 5.56 Å². The fourth-order valence-electron chi connectivity index (χ4n) is 1.93. The molecule has 0 saturated carbocycles. The van der Waals surface area contributed by atoms with Crippen LogP contribution in [0.4, 0.5) is 11.4 Å². The first-order chi connectivity index (χ1) is 10.4. The van der Waals surface area contributed by atoms with Crippen molar-refractivity contribution in [3.63, 3.8) is 0 Å². The number of aromatic nitrogens is 1. The molecule has 0 atom stereocenters. The van der Waals surface area contributed by atoms with Gasteiger partial charge in [-0.15, -0.1) is 0 Å². The molecule has 0 spiro atoms. The van der Waals surface area contributed by atoms with Crippen molar-refractivity contribution in [2.45, 2.75) is 20.4 Å². The first-order valence-electron chi connectivity index (χ1n) is 6.78. The summed E-state index contributed by atoms with van der Waals surface area (Å²) in [4.78, 5) is 34.6. The van der Waals surface area contributed by atoms with Gasteiger partial charge in [-0.05, 0) is 42.8 Å². The van der Waals surface area contributed by atoms with E-state index in [1.807, 2.05) is 6.92 Å². The number of benzene rings is 1. The minimum Gasteiger partial charge on any atom is -0.326 e. The second-order valence-corrected chi connectivity index (χ2v) is 4.98. The van der Waals surface area contributed by atoms with Crippen molar-refractivity contribution in [2.75, 3.05) is 10.6 Å². The van der Waals surface area contributed by atoms with E-state index in [-0.39, 0.29) is 23.9 Å². The van der Waals surface area contributed by atoms with Crippen LogP contribution < -0.4 is 16.2 Å². The lowest BCUT2D eigenvalue weighted by atomic mass is 10.2. The largest absolute Gasteiger partial charge is 0.326 e. The molecule has 0 radical (unpaired) electrons. The van der Waals surface area contributed by atoms with Crippen molar-refractivity contribution < 1.29 is 9.59 Å². The lowest BCUT2D eigenvalue weighted by Gasteiger charge is -2.08. The highest BCUT2D eigenvalue weighted by molar-refractivity contribution is 5.92. The molecule has 2 N–H and O–H groups in total. The van der Waals surface area contributed by atoms with Crippen molar-refractivity contribution in [1.82, 2.24) is 4.57 Å². The Morgan fingerprint density at radius 3 is 2.18 bits per heavy atom. The van der Waals surface area contributed by atoms with Crippen molar-refractivity contribution in [1.29, 1.82) is 0 Å². The van der Waals surface area contributed by atoms with Crippen LogP contribution in [0.1, 0.15) is 12.5 Å². The zero-order valence-corrected chi connectivity index (χ0v) is 12.4. The summed E-state index contributed by atoms with van der Waals surface area (Å²) in [6.07, 6.45) is 1.59. The van der Waals surface area contributed by atoms with E-state index < -0.39 is 0 Å². The molecule has 0 fully saturated rings. The summed E-state index contributed by atoms with van der Waals surface area (Å²) in [6.45, 7) is 3.20. The van der Waals surface area contributed by atoms with Crippen molar-refractivity contribution in [3.05, 3.63) is 58.5 Å². The minimum absolute atomic E-state index is 0.0490. The van der Waals surface area contributed by atoms with Gasteiger partial charge in [0.15, 0.2) is 0 Å². The molecule has 2 amide bonds. The van der Waals surface area contributed by atoms with Crippen LogP contribution in [0.25, 0.3) is 0 Å². The van der Waals surface area contributed by atoms with Gasteiger partial charge >= 0.3 is 0 Å². The van der Waals surface area contributed by atoms with Crippen LogP contribution in [0.15, 0.2) is 47.4 Å². The molecule has 0 aliphatic carbocycles. The van der Waals surface area contributed by atoms with Gasteiger partial charge in [0.25, 0.3) is 5.56 Å². The molecule has 0 aliphatic heterocycles. The van der Waals surface area contributed by atoms with Gasteiger partial charge < -0.3 is 15.2 Å². The molecule has 0 bridgehead atoms. The molecule has 0 saturated heterocycles. The SMILES string of the molecule is CC(=O)Nc1ccc(NC(=O)Cn2ccc(C)cc2=O)cc1. The zero-order chi connectivity index (χ0) is 16.1. The highest BCUT2D eigenvalue weighted by Gasteiger charge is 2.05. The Bertz CT molecular complexity index is 748. The van der Waals surface area contributed by atoms with Crippen LogP contribution in [-0.2, 0) is 16.1 Å². The summed E-state index contributed by atoms with van der Waals surface area (Å²) < 4.78 is 1.34. The van der Waals surface area contributed by atoms with E-state index in [4.69, 9.17) is 0 Å². The third-order valence-electron chi connectivity index (χ3n) is 2.95. The number of nitrogens with one attached hydrogen (secondary N) is 2. The van der Waals surface area contributed by atoms with E-state index in [1.165, 1.54) is 17.6 Å². The molecule has 0 unspecified atom stereocenters. The van der Waals surface area contributed by atoms with Crippen LogP contribution in [-0.4, -0.2) is 16.4 Å². The predicted octanol–water partition coefficient (Wildman–Crippen LogP) is 1.75. The molecular weight excluding hydrogens is 282 g/mol. The van der Waals surface area contributed by atoms with Gasteiger partial charge in [0.2, 0.25) is 11.8 Å². The number of aryl methyl sites for hydroxylation is 1. The van der Waals surface area contributed by atoms with E-state index in [9.17, 15) is 14.4 Å². The number of anilines is 2. The third kappa shape index (κ3) is 4.31. The number of carbonyl (C=O) groups excluding carboxylic acids is 2. The molecule has 22 heavy (non-hydrogen) atoms. The Morgan fingerprint density at radius 1 is 1.05 bits per heavy atom. The summed E-state index contributed by atoms with van der Waals surface area (Å²) >= 11 is 0. The summed E-state index contributed by atoms with van der Waals surface area (Å²) in [5.74, 6) is -0.450. The van der Waals surface area contributed by atoms with Crippen molar-refractivity contribution in [3.8, 4) is 0 Å². The molecule has 1 heterocycles. The molecule has 6 nitrogen and oxygen atoms in total. The van der Waals surface area contributed by atoms with Gasteiger partial charge in [0, 0.05) is 30.6 Å². The van der Waals surface area contributed by atoms with Gasteiger partial charge in [-0.2, -0.15) is 0 Å². The van der Waals surface area contributed by atoms with E-state index in [0.29, 0.717) is 11.4 Å². The predicted molar refractivity (Wildman–Crippen MR) is 84.8 cm³/mol. The maximum atomic E-state index is 11.9. The smallest absolute Gasteiger partial charge is 0.251 e. The molecule has 114 valence electrons. The van der Waals surface area contributed by atoms with E-state index >= 15 is 0 Å². The van der Waals surface area contributed by atoms with Crippen molar-refractivity contribution >= 4 is 23.2 Å². The number of hydrogen-bond acceptors (Lipinski definition) is 3. The lowest BCUT2D eigenvalue weighted by molar-refractivity contribution is -0.117. The Morgan fingerprint density at radius 2 is 1.64 bits per heavy atom. The molecule has 1 aromatic heterocycles. The molecule has 0 aliphatic rings. The Labute approximate surface area is 127 Å². The number of amides is 2. The minimum atomic E-state index is -0.293. The highest BCUT2D eigenvalue weighted by atomic mass is 16.2. The molecule has 1 aromatic carbocycles. The van der Waals surface area contributed by atoms with E-state index in [1.54, 1.807) is 36.5 Å². The number of hydrogen-bond donors (Lipinski definition) is 2. The van der Waals surface area contributed by atoms with Gasteiger partial charge in [-0.3, -0.25) is 14.4 Å². The summed E-state index contributed by atoms with van der Waals surface area (Å²) in [6, 6.07) is 10.00. The van der Waals surface area contributed by atoms with Gasteiger partial charge in [-0.1, -0.05) is 0 Å². The Kier molecular flexibility index (Phi) is 4.73. The lowest BCUT2D eigenvalue weighted by Crippen LogP contribution is -2.26. The van der Waals surface area contributed by atoms with Crippen LogP contribution in [0.2, 0.25) is 0 Å². The number of rotatable bonds is 4. The van der Waals surface area contributed by atoms with Crippen LogP contribution in [0, 0.1) is 6.92 Å². The average molecular weight is 299 g/mol. The molecule has 2 rings (SSSR count). The van der Waals surface area contributed by atoms with Crippen LogP contribution in [0.3, 0.4) is 0 Å². The Hall–Kier alpha value is -2.89. The topological polar surface area (TPSA) is 80.2 Å². The number of pyridine rings is 1. The second-order valence-electron chi connectivity index (χ2n) is 4.98. The maximum absolute atomic E-state index is 11.9. The fourth-order valence-corrected chi connectivity index (χ4v) is 1.93. The second kappa shape index (κ2) is 6.71. The fraction of sp³-hybridized carbons (Fsp3) is 0.188. The highest BCUT2D eigenvalue weighted by Crippen LogP contribution is 2.13. The van der Waals surface area contributed by atoms with Gasteiger partial charge in [0.1, 0.15) is 6.54 Å². The normalized spacial score (nSPS) is 10.1. The van der Waals surface area contributed by atoms with Crippen LogP contribution >= 0.6 is 0 Å². The molecular formula is C16H17N3O3. The first kappa shape index (κ1) is 15.5. The summed E-state index contributed by atoms with van der Waals surface area (Å²) in [5, 5.41) is 5.34. The zero-order valence-electron chi connectivity index (χ0n) is 12.4. The van der Waals surface area contributed by atoms with Crippen LogP contribution in [0.5, 0.6) is 0 Å². The Balaban J connectivity index is 1.99. The monoisotopic (exact) mass is 299 g/mol. The quantitative estimate of drug-likeness (QED) is 0.902. The third-order valence-corrected chi connectivity index (χ3v) is 2.95. The molecule has 2 aromatic rings. The summed E-state index contributed by atoms with van der Waals surface area (Å²) in [5.41, 5.74) is 1.89. The maximum Gasteiger partial charge on any atom is 0.251 e. The summed E-state index contributed by atoms with van der Waals surface area (Å²) in [7, 11) is 0. The van der Waals surface area contributed by atoms with Gasteiger partial charge in [0.05, 0.1) is 0 Å². The van der Waals surface area contributed by atoms with E-state index in [2.05, 4.69) is 10.6 Å². The molecule has 6 heteroatoms. The first-order valence-corrected chi connectivity index (χ1v) is 6.78. The van der Waals surface area contributed by atoms with Crippen molar-refractivity contribution in [2.24, 2.45) is 0 Å². The van der Waals surface area contributed by atoms with Gasteiger partial charge in [-0.25, -0.2) is 0 Å². The standard InChI is InChI=1S/C16H17N3O3/c1-11-7-8-19(16(22)9-11)10-15(21)18-14-5-3-13(4-6-14)17-12(2)20/h3-9H,10H2,1-2H3,(H,17,20)(H,18,21).